The maximum atomic E-state index is 9.15. The molecule has 26 heavy (non-hydrogen) atoms. The fourth-order valence-corrected chi connectivity index (χ4v) is 5.03. The number of β-amino-alcohol motifs (C(OH)–C–C–N with tert-alkyl or cyclic N) is 1. The van der Waals surface area contributed by atoms with Crippen LogP contribution in [0.2, 0.25) is 0 Å². The minimum absolute atomic E-state index is 0.264. The summed E-state index contributed by atoms with van der Waals surface area (Å²) in [6, 6.07) is 0.673. The average molecular weight is 368 g/mol. The summed E-state index contributed by atoms with van der Waals surface area (Å²) >= 11 is 0. The Kier molecular flexibility index (Phi) is 6.97. The quantitative estimate of drug-likeness (QED) is 0.742. The van der Waals surface area contributed by atoms with Gasteiger partial charge in [0.2, 0.25) is 0 Å². The first-order valence-corrected chi connectivity index (χ1v) is 10.7. The maximum Gasteiger partial charge on any atom is 0.0558 e. The number of hydrazine groups is 1. The van der Waals surface area contributed by atoms with Gasteiger partial charge in [-0.2, -0.15) is 0 Å². The van der Waals surface area contributed by atoms with Gasteiger partial charge in [0.05, 0.1) is 6.61 Å². The molecule has 0 saturated carbocycles. The van der Waals surface area contributed by atoms with E-state index in [9.17, 15) is 0 Å². The predicted molar refractivity (Wildman–Crippen MR) is 107 cm³/mol. The number of piperazine rings is 2. The van der Waals surface area contributed by atoms with E-state index in [1.807, 2.05) is 0 Å². The highest BCUT2D eigenvalue weighted by Gasteiger charge is 2.41. The molecule has 3 aliphatic rings. The van der Waals surface area contributed by atoms with E-state index in [4.69, 9.17) is 5.11 Å². The molecule has 0 aromatic heterocycles. The summed E-state index contributed by atoms with van der Waals surface area (Å²) in [5.74, 6) is 0.745. The summed E-state index contributed by atoms with van der Waals surface area (Å²) < 4.78 is 0. The molecule has 0 radical (unpaired) electrons. The van der Waals surface area contributed by atoms with Crippen molar-refractivity contribution in [1.82, 2.24) is 24.7 Å². The zero-order valence-corrected chi connectivity index (χ0v) is 17.5. The topological polar surface area (TPSA) is 36.4 Å². The molecule has 0 bridgehead atoms. The molecule has 3 heterocycles. The lowest BCUT2D eigenvalue weighted by Crippen LogP contribution is -2.59. The van der Waals surface area contributed by atoms with Gasteiger partial charge in [-0.3, -0.25) is 14.7 Å². The van der Waals surface area contributed by atoms with Gasteiger partial charge in [0, 0.05) is 83.6 Å². The van der Waals surface area contributed by atoms with E-state index in [-0.39, 0.29) is 12.1 Å². The van der Waals surface area contributed by atoms with Crippen LogP contribution in [0.1, 0.15) is 34.1 Å². The second-order valence-corrected chi connectivity index (χ2v) is 9.19. The van der Waals surface area contributed by atoms with Crippen molar-refractivity contribution in [2.45, 2.75) is 45.7 Å². The Bertz CT molecular complexity index is 428. The lowest BCUT2D eigenvalue weighted by molar-refractivity contribution is -0.0560. The minimum atomic E-state index is 0.264. The molecule has 0 aromatic rings. The first-order chi connectivity index (χ1) is 12.4. The highest BCUT2D eigenvalue weighted by atomic mass is 16.3. The Morgan fingerprint density at radius 3 is 2.12 bits per heavy atom. The Morgan fingerprint density at radius 1 is 0.885 bits per heavy atom. The largest absolute Gasteiger partial charge is 0.395 e. The highest BCUT2D eigenvalue weighted by Crippen LogP contribution is 2.33. The molecular formula is C20H41N5O. The van der Waals surface area contributed by atoms with E-state index in [0.717, 1.165) is 38.6 Å². The molecule has 152 valence electrons. The summed E-state index contributed by atoms with van der Waals surface area (Å²) in [4.78, 5) is 7.69. The van der Waals surface area contributed by atoms with Crippen LogP contribution < -0.4 is 0 Å². The fourth-order valence-electron chi connectivity index (χ4n) is 5.03. The van der Waals surface area contributed by atoms with Crippen molar-refractivity contribution in [3.8, 4) is 0 Å². The third-order valence-corrected chi connectivity index (χ3v) is 7.19. The zero-order valence-electron chi connectivity index (χ0n) is 17.5. The molecule has 3 rings (SSSR count). The Labute approximate surface area is 160 Å². The van der Waals surface area contributed by atoms with Crippen LogP contribution in [0.15, 0.2) is 0 Å². The van der Waals surface area contributed by atoms with Gasteiger partial charge in [0.1, 0.15) is 0 Å². The van der Waals surface area contributed by atoms with Gasteiger partial charge in [-0.05, 0) is 40.0 Å². The van der Waals surface area contributed by atoms with E-state index in [0.29, 0.717) is 6.04 Å². The van der Waals surface area contributed by atoms with Crippen LogP contribution in [-0.4, -0.2) is 120 Å². The number of hydrogen-bond acceptors (Lipinski definition) is 6. The Hall–Kier alpha value is -0.240. The van der Waals surface area contributed by atoms with Gasteiger partial charge in [-0.25, -0.2) is 10.0 Å². The van der Waals surface area contributed by atoms with Gasteiger partial charge in [0.15, 0.2) is 0 Å². The summed E-state index contributed by atoms with van der Waals surface area (Å²) in [5.41, 5.74) is 0.264. The standard InChI is InChI=1S/C20H41N5O/c1-18(2)22-9-13-24(14-10-22)25-6-5-19(17-25)20(3,4)23-11-7-21(8-12-23)15-16-26/h18-19,26H,5-17H2,1-4H3. The fraction of sp³-hybridized carbons (Fsp3) is 1.00. The average Bonchev–Trinajstić information content (AvgIpc) is 3.13. The van der Waals surface area contributed by atoms with Crippen LogP contribution >= 0.6 is 0 Å². The van der Waals surface area contributed by atoms with Gasteiger partial charge in [0.25, 0.3) is 0 Å². The zero-order chi connectivity index (χ0) is 18.7. The van der Waals surface area contributed by atoms with Crippen molar-refractivity contribution in [3.05, 3.63) is 0 Å². The first-order valence-electron chi connectivity index (χ1n) is 10.7. The Morgan fingerprint density at radius 2 is 1.54 bits per heavy atom. The van der Waals surface area contributed by atoms with Crippen molar-refractivity contribution in [2.24, 2.45) is 5.92 Å². The van der Waals surface area contributed by atoms with Crippen molar-refractivity contribution in [3.63, 3.8) is 0 Å². The van der Waals surface area contributed by atoms with E-state index in [1.54, 1.807) is 0 Å². The van der Waals surface area contributed by atoms with Crippen molar-refractivity contribution in [2.75, 3.05) is 78.6 Å². The smallest absolute Gasteiger partial charge is 0.0558 e. The van der Waals surface area contributed by atoms with E-state index >= 15 is 0 Å². The van der Waals surface area contributed by atoms with Crippen LogP contribution in [-0.2, 0) is 0 Å². The molecule has 1 atom stereocenters. The summed E-state index contributed by atoms with van der Waals surface area (Å²) in [6.07, 6.45) is 1.31. The van der Waals surface area contributed by atoms with Crippen LogP contribution in [0.4, 0.5) is 0 Å². The van der Waals surface area contributed by atoms with E-state index in [1.165, 1.54) is 45.7 Å². The number of aliphatic hydroxyl groups is 1. The van der Waals surface area contributed by atoms with Gasteiger partial charge >= 0.3 is 0 Å². The molecule has 3 saturated heterocycles. The second kappa shape index (κ2) is 8.84. The van der Waals surface area contributed by atoms with Crippen molar-refractivity contribution >= 4 is 0 Å². The third-order valence-electron chi connectivity index (χ3n) is 7.19. The maximum absolute atomic E-state index is 9.15. The van der Waals surface area contributed by atoms with Crippen molar-refractivity contribution in [1.29, 1.82) is 0 Å². The molecule has 0 aromatic carbocycles. The molecule has 1 unspecified atom stereocenters. The van der Waals surface area contributed by atoms with Crippen LogP contribution in [0.25, 0.3) is 0 Å². The molecule has 0 aliphatic carbocycles. The van der Waals surface area contributed by atoms with Gasteiger partial charge in [-0.15, -0.1) is 0 Å². The summed E-state index contributed by atoms with van der Waals surface area (Å²) in [6.45, 7) is 22.3. The molecule has 0 amide bonds. The van der Waals surface area contributed by atoms with Gasteiger partial charge in [-0.1, -0.05) is 0 Å². The third kappa shape index (κ3) is 4.59. The second-order valence-electron chi connectivity index (χ2n) is 9.19. The van der Waals surface area contributed by atoms with Crippen LogP contribution in [0.3, 0.4) is 0 Å². The van der Waals surface area contributed by atoms with Crippen LogP contribution in [0, 0.1) is 5.92 Å². The summed E-state index contributed by atoms with van der Waals surface area (Å²) in [7, 11) is 0. The predicted octanol–water partition coefficient (Wildman–Crippen LogP) is 0.638. The number of aliphatic hydroxyl groups excluding tert-OH is 1. The molecule has 3 fully saturated rings. The van der Waals surface area contributed by atoms with E-state index < -0.39 is 0 Å². The minimum Gasteiger partial charge on any atom is -0.395 e. The molecule has 0 spiro atoms. The Balaban J connectivity index is 1.48. The highest BCUT2D eigenvalue weighted by molar-refractivity contribution is 4.95. The first kappa shape index (κ1) is 20.5. The lowest BCUT2D eigenvalue weighted by Gasteiger charge is -2.47. The number of rotatable bonds is 6. The lowest BCUT2D eigenvalue weighted by atomic mass is 9.84. The summed E-state index contributed by atoms with van der Waals surface area (Å²) in [5, 5.41) is 14.4. The molecule has 1 N–H and O–H groups in total. The molecular weight excluding hydrogens is 326 g/mol. The molecule has 6 nitrogen and oxygen atoms in total. The SMILES string of the molecule is CC(C)N1CCN(N2CCC(C(C)(C)N3CCN(CCO)CC3)C2)CC1. The number of nitrogens with zero attached hydrogens (tertiary/aromatic N) is 5. The normalized spacial score (nSPS) is 29.1. The molecule has 3 aliphatic heterocycles. The number of hydrogen-bond donors (Lipinski definition) is 1. The van der Waals surface area contributed by atoms with Gasteiger partial charge < -0.3 is 5.11 Å². The van der Waals surface area contributed by atoms with Crippen molar-refractivity contribution < 1.29 is 5.11 Å². The monoisotopic (exact) mass is 367 g/mol. The van der Waals surface area contributed by atoms with Crippen LogP contribution in [0.5, 0.6) is 0 Å². The molecule has 6 heteroatoms. The van der Waals surface area contributed by atoms with E-state index in [2.05, 4.69) is 52.4 Å².